The summed E-state index contributed by atoms with van der Waals surface area (Å²) in [6, 6.07) is 0. The highest BCUT2D eigenvalue weighted by Gasteiger charge is 2.25. The second-order valence-corrected chi connectivity index (χ2v) is 2.58. The molecule has 0 fully saturated rings. The zero-order valence-electron chi connectivity index (χ0n) is 5.27. The lowest BCUT2D eigenvalue weighted by molar-refractivity contribution is 0.0534. The fourth-order valence-electron chi connectivity index (χ4n) is 0.525. The third-order valence-corrected chi connectivity index (χ3v) is 1.56. The minimum absolute atomic E-state index is 0.315. The van der Waals surface area contributed by atoms with Crippen LogP contribution in [0.4, 0.5) is 0 Å². The average Bonchev–Trinajstić information content (AvgIpc) is 1.88. The summed E-state index contributed by atoms with van der Waals surface area (Å²) in [6.07, 6.45) is 3.16. The van der Waals surface area contributed by atoms with Crippen LogP contribution in [0.3, 0.4) is 0 Å². The number of alkyl halides is 1. The number of aliphatic imine (C=N–C) groups is 1. The molecular weight excluding hydrogens is 175 g/mol. The minimum Gasteiger partial charge on any atom is -0.332 e. The van der Waals surface area contributed by atoms with E-state index in [4.69, 9.17) is 27.9 Å². The first kappa shape index (κ1) is 7.85. The van der Waals surface area contributed by atoms with Crippen LogP contribution in [0.25, 0.3) is 0 Å². The number of nitrogens with zero attached hydrogens (tertiary/aromatic N) is 1. The van der Waals surface area contributed by atoms with Crippen molar-refractivity contribution in [1.82, 2.24) is 5.32 Å². The highest BCUT2D eigenvalue weighted by atomic mass is 35.5. The molecule has 1 rings (SSSR count). The molecule has 0 aromatic heterocycles. The summed E-state index contributed by atoms with van der Waals surface area (Å²) in [5, 5.41) is 1.77. The fraction of sp³-hybridized carbons (Fsp3) is 0.400. The Morgan fingerprint density at radius 2 is 2.50 bits per heavy atom. The molecule has 0 saturated carbocycles. The maximum atomic E-state index is 5.70. The predicted molar refractivity (Wildman–Crippen MR) is 41.2 cm³/mol. The number of halogens is 2. The average molecular weight is 181 g/mol. The summed E-state index contributed by atoms with van der Waals surface area (Å²) in [5.41, 5.74) is 0. The van der Waals surface area contributed by atoms with Crippen LogP contribution >= 0.6 is 23.2 Å². The number of ether oxygens (including phenoxy) is 1. The van der Waals surface area contributed by atoms with Crippen molar-refractivity contribution in [3.8, 4) is 0 Å². The van der Waals surface area contributed by atoms with Gasteiger partial charge in [0.1, 0.15) is 5.17 Å². The van der Waals surface area contributed by atoms with Gasteiger partial charge in [-0.15, -0.1) is 0 Å². The van der Waals surface area contributed by atoms with Gasteiger partial charge in [0.05, 0.1) is 0 Å². The van der Waals surface area contributed by atoms with E-state index in [9.17, 15) is 0 Å². The molecule has 0 radical (unpaired) electrons. The molecule has 1 unspecified atom stereocenters. The number of rotatable bonds is 1. The molecule has 10 heavy (non-hydrogen) atoms. The second-order valence-electron chi connectivity index (χ2n) is 1.68. The third-order valence-electron chi connectivity index (χ3n) is 1.00. The summed E-state index contributed by atoms with van der Waals surface area (Å²) in [7, 11) is 1.44. The SMILES string of the molecule is COC1(Cl)N=C(Cl)C=CN1. The molecule has 0 saturated heterocycles. The smallest absolute Gasteiger partial charge is 0.320 e. The van der Waals surface area contributed by atoms with Gasteiger partial charge in [0.25, 0.3) is 0 Å². The van der Waals surface area contributed by atoms with E-state index in [2.05, 4.69) is 10.3 Å². The van der Waals surface area contributed by atoms with Crippen molar-refractivity contribution in [3.05, 3.63) is 12.3 Å². The number of nitrogens with one attached hydrogen (secondary N) is 1. The van der Waals surface area contributed by atoms with Crippen molar-refractivity contribution in [2.45, 2.75) is 5.31 Å². The summed E-state index contributed by atoms with van der Waals surface area (Å²) in [6.45, 7) is 0. The lowest BCUT2D eigenvalue weighted by Gasteiger charge is -2.22. The molecule has 56 valence electrons. The van der Waals surface area contributed by atoms with E-state index in [0.29, 0.717) is 5.17 Å². The number of methoxy groups -OCH3 is 1. The Bertz CT molecular complexity index is 192. The van der Waals surface area contributed by atoms with Crippen molar-refractivity contribution in [1.29, 1.82) is 0 Å². The quantitative estimate of drug-likeness (QED) is 0.487. The van der Waals surface area contributed by atoms with E-state index >= 15 is 0 Å². The largest absolute Gasteiger partial charge is 0.332 e. The standard InChI is InChI=1S/C5H6Cl2N2O/c1-10-5(7)8-3-2-4(6)9-5/h2-3,8H,1H3. The van der Waals surface area contributed by atoms with Gasteiger partial charge in [-0.2, -0.15) is 0 Å². The molecular formula is C5H6Cl2N2O. The highest BCUT2D eigenvalue weighted by Crippen LogP contribution is 2.17. The zero-order chi connectivity index (χ0) is 7.61. The molecule has 0 spiro atoms. The van der Waals surface area contributed by atoms with Gasteiger partial charge >= 0.3 is 5.31 Å². The fourth-order valence-corrected chi connectivity index (χ4v) is 0.904. The topological polar surface area (TPSA) is 33.6 Å². The summed E-state index contributed by atoms with van der Waals surface area (Å²) in [5.74, 6) is 0. The summed E-state index contributed by atoms with van der Waals surface area (Å²) in [4.78, 5) is 3.76. The molecule has 0 aromatic rings. The highest BCUT2D eigenvalue weighted by molar-refractivity contribution is 6.68. The molecule has 0 bridgehead atoms. The van der Waals surface area contributed by atoms with Crippen LogP contribution in [0, 0.1) is 0 Å². The Kier molecular flexibility index (Phi) is 2.18. The van der Waals surface area contributed by atoms with Crippen LogP contribution < -0.4 is 5.32 Å². The van der Waals surface area contributed by atoms with Gasteiger partial charge < -0.3 is 10.1 Å². The number of allylic oxidation sites excluding steroid dienone is 1. The van der Waals surface area contributed by atoms with Crippen LogP contribution in [0.5, 0.6) is 0 Å². The van der Waals surface area contributed by atoms with Crippen molar-refractivity contribution >= 4 is 28.4 Å². The summed E-state index contributed by atoms with van der Waals surface area (Å²) >= 11 is 11.2. The normalized spacial score (nSPS) is 31.3. The van der Waals surface area contributed by atoms with Gasteiger partial charge in [-0.1, -0.05) is 11.6 Å². The van der Waals surface area contributed by atoms with Crippen molar-refractivity contribution in [2.24, 2.45) is 4.99 Å². The second kappa shape index (κ2) is 2.78. The molecule has 1 aliphatic heterocycles. The van der Waals surface area contributed by atoms with Crippen LogP contribution in [0.15, 0.2) is 17.3 Å². The van der Waals surface area contributed by atoms with Gasteiger partial charge in [-0.25, -0.2) is 4.99 Å². The third kappa shape index (κ3) is 1.62. The maximum Gasteiger partial charge on any atom is 0.320 e. The first-order chi connectivity index (χ1) is 4.66. The molecule has 5 heteroatoms. The first-order valence-corrected chi connectivity index (χ1v) is 3.35. The van der Waals surface area contributed by atoms with E-state index in [1.165, 1.54) is 7.11 Å². The van der Waals surface area contributed by atoms with Crippen molar-refractivity contribution in [2.75, 3.05) is 7.11 Å². The van der Waals surface area contributed by atoms with E-state index in [0.717, 1.165) is 0 Å². The Morgan fingerprint density at radius 1 is 1.80 bits per heavy atom. The minimum atomic E-state index is -1.22. The monoisotopic (exact) mass is 180 g/mol. The molecule has 1 N–H and O–H groups in total. The van der Waals surface area contributed by atoms with Crippen LogP contribution in [-0.2, 0) is 4.74 Å². The van der Waals surface area contributed by atoms with E-state index in [1.54, 1.807) is 12.3 Å². The van der Waals surface area contributed by atoms with Gasteiger partial charge in [0.15, 0.2) is 0 Å². The lowest BCUT2D eigenvalue weighted by atomic mass is 10.6. The van der Waals surface area contributed by atoms with E-state index in [1.807, 2.05) is 0 Å². The molecule has 0 aromatic carbocycles. The van der Waals surface area contributed by atoms with Crippen LogP contribution in [0.2, 0.25) is 0 Å². The van der Waals surface area contributed by atoms with Crippen LogP contribution in [-0.4, -0.2) is 17.6 Å². The number of hydrogen-bond donors (Lipinski definition) is 1. The Hall–Kier alpha value is -0.250. The summed E-state index contributed by atoms with van der Waals surface area (Å²) < 4.78 is 4.78. The predicted octanol–water partition coefficient (Wildman–Crippen LogP) is 1.24. The van der Waals surface area contributed by atoms with Gasteiger partial charge in [0, 0.05) is 13.3 Å². The molecule has 0 amide bonds. The molecule has 1 aliphatic rings. The van der Waals surface area contributed by atoms with Crippen molar-refractivity contribution in [3.63, 3.8) is 0 Å². The Labute approximate surface area is 68.7 Å². The molecule has 0 aliphatic carbocycles. The van der Waals surface area contributed by atoms with E-state index in [-0.39, 0.29) is 0 Å². The molecule has 1 atom stereocenters. The van der Waals surface area contributed by atoms with E-state index < -0.39 is 5.31 Å². The maximum absolute atomic E-state index is 5.70. The van der Waals surface area contributed by atoms with Gasteiger partial charge in [0.2, 0.25) is 0 Å². The number of hydrogen-bond acceptors (Lipinski definition) is 3. The first-order valence-electron chi connectivity index (χ1n) is 2.60. The molecule has 1 heterocycles. The molecule has 3 nitrogen and oxygen atoms in total. The van der Waals surface area contributed by atoms with Crippen LogP contribution in [0.1, 0.15) is 0 Å². The van der Waals surface area contributed by atoms with Crippen molar-refractivity contribution < 1.29 is 4.74 Å². The van der Waals surface area contributed by atoms with Gasteiger partial charge in [-0.05, 0) is 17.7 Å². The zero-order valence-corrected chi connectivity index (χ0v) is 6.78. The lowest BCUT2D eigenvalue weighted by Crippen LogP contribution is -2.38. The Morgan fingerprint density at radius 3 is 2.90 bits per heavy atom. The Balaban J connectivity index is 2.76. The van der Waals surface area contributed by atoms with Gasteiger partial charge in [-0.3, -0.25) is 0 Å².